The lowest BCUT2D eigenvalue weighted by molar-refractivity contribution is 0.251. The SMILES string of the molecule is CC.CC.CC.CCCC(C)C1CCCCC1. The van der Waals surface area contributed by atoms with Crippen LogP contribution in [0.25, 0.3) is 0 Å². The minimum atomic E-state index is 1.00. The molecule has 1 aliphatic rings. The third-order valence-corrected chi connectivity index (χ3v) is 3.20. The largest absolute Gasteiger partial charge is 0.0683 e. The maximum Gasteiger partial charge on any atom is -0.0388 e. The van der Waals surface area contributed by atoms with Crippen LogP contribution in [0, 0.1) is 11.8 Å². The molecule has 0 nitrogen and oxygen atoms in total. The molecule has 0 spiro atoms. The lowest BCUT2D eigenvalue weighted by atomic mass is 9.79. The molecule has 1 atom stereocenters. The molecule has 0 aliphatic heterocycles. The maximum atomic E-state index is 2.44. The third kappa shape index (κ3) is 13.9. The number of hydrogen-bond donors (Lipinski definition) is 0. The van der Waals surface area contributed by atoms with Gasteiger partial charge < -0.3 is 0 Å². The molecule has 0 bridgehead atoms. The van der Waals surface area contributed by atoms with Gasteiger partial charge in [0.1, 0.15) is 0 Å². The van der Waals surface area contributed by atoms with Gasteiger partial charge in [-0.25, -0.2) is 0 Å². The summed E-state index contributed by atoms with van der Waals surface area (Å²) in [5, 5.41) is 0. The first kappa shape index (κ1) is 22.2. The van der Waals surface area contributed by atoms with E-state index in [9.17, 15) is 0 Å². The predicted octanol–water partition coefficient (Wildman–Crippen LogP) is 7.08. The first-order valence-electron chi connectivity index (χ1n) is 8.34. The van der Waals surface area contributed by atoms with Crippen LogP contribution in [-0.2, 0) is 0 Å². The summed E-state index contributed by atoms with van der Waals surface area (Å²) in [6.45, 7) is 16.7. The van der Waals surface area contributed by atoms with Crippen LogP contribution in [0.15, 0.2) is 0 Å². The van der Waals surface area contributed by atoms with Crippen molar-refractivity contribution in [2.75, 3.05) is 0 Å². The molecule has 0 saturated heterocycles. The summed E-state index contributed by atoms with van der Waals surface area (Å²) < 4.78 is 0. The molecule has 0 N–H and O–H groups in total. The number of hydrogen-bond acceptors (Lipinski definition) is 0. The van der Waals surface area contributed by atoms with E-state index >= 15 is 0 Å². The van der Waals surface area contributed by atoms with Crippen molar-refractivity contribution in [2.45, 2.75) is 100 Å². The number of rotatable bonds is 3. The van der Waals surface area contributed by atoms with Gasteiger partial charge in [0.25, 0.3) is 0 Å². The molecule has 1 unspecified atom stereocenters. The zero-order chi connectivity index (χ0) is 14.1. The average molecular weight is 245 g/mol. The Kier molecular flexibility index (Phi) is 27.8. The highest BCUT2D eigenvalue weighted by atomic mass is 14.2. The topological polar surface area (TPSA) is 0 Å². The zero-order valence-electron chi connectivity index (χ0n) is 14.1. The maximum absolute atomic E-state index is 2.44. The second kappa shape index (κ2) is 21.3. The quantitative estimate of drug-likeness (QED) is 0.497. The predicted molar refractivity (Wildman–Crippen MR) is 84.7 cm³/mol. The molecule has 1 aliphatic carbocycles. The monoisotopic (exact) mass is 244 g/mol. The molecule has 1 saturated carbocycles. The van der Waals surface area contributed by atoms with Crippen LogP contribution in [0.4, 0.5) is 0 Å². The van der Waals surface area contributed by atoms with Gasteiger partial charge in [-0.05, 0) is 11.8 Å². The second-order valence-electron chi connectivity index (χ2n) is 4.16. The molecule has 0 aromatic carbocycles. The van der Waals surface area contributed by atoms with E-state index in [4.69, 9.17) is 0 Å². The van der Waals surface area contributed by atoms with Crippen LogP contribution in [0.5, 0.6) is 0 Å². The van der Waals surface area contributed by atoms with E-state index in [1.807, 2.05) is 41.5 Å². The van der Waals surface area contributed by atoms with E-state index < -0.39 is 0 Å². The molecule has 1 rings (SSSR count). The summed E-state index contributed by atoms with van der Waals surface area (Å²) in [6, 6.07) is 0. The molecule has 0 aromatic heterocycles. The van der Waals surface area contributed by atoms with E-state index in [0.717, 1.165) is 11.8 Å². The van der Waals surface area contributed by atoms with Gasteiger partial charge >= 0.3 is 0 Å². The Bertz CT molecular complexity index is 90.2. The van der Waals surface area contributed by atoms with Crippen LogP contribution in [0.1, 0.15) is 100 Å². The van der Waals surface area contributed by atoms with Gasteiger partial charge in [-0.3, -0.25) is 0 Å². The Morgan fingerprint density at radius 3 is 1.59 bits per heavy atom. The Balaban J connectivity index is -0.000000285. The van der Waals surface area contributed by atoms with E-state index in [2.05, 4.69) is 13.8 Å². The van der Waals surface area contributed by atoms with Gasteiger partial charge in [0.2, 0.25) is 0 Å². The molecular formula is C17H40. The fourth-order valence-corrected chi connectivity index (χ4v) is 2.39. The standard InChI is InChI=1S/C11H22.3C2H6/c1-3-7-10(2)11-8-5-4-6-9-11;3*1-2/h10-11H,3-9H2,1-2H3;3*1-2H3. The first-order chi connectivity index (χ1) is 8.34. The Morgan fingerprint density at radius 2 is 1.24 bits per heavy atom. The van der Waals surface area contributed by atoms with Crippen LogP contribution in [0.3, 0.4) is 0 Å². The average Bonchev–Trinajstić information content (AvgIpc) is 2.46. The van der Waals surface area contributed by atoms with Gasteiger partial charge in [0, 0.05) is 0 Å². The van der Waals surface area contributed by atoms with Crippen molar-refractivity contribution in [1.29, 1.82) is 0 Å². The highest BCUT2D eigenvalue weighted by Crippen LogP contribution is 2.31. The highest BCUT2D eigenvalue weighted by Gasteiger charge is 2.18. The summed E-state index contributed by atoms with van der Waals surface area (Å²) >= 11 is 0. The van der Waals surface area contributed by atoms with Gasteiger partial charge in [-0.2, -0.15) is 0 Å². The molecule has 0 amide bonds. The summed E-state index contributed by atoms with van der Waals surface area (Å²) in [7, 11) is 0. The molecule has 0 radical (unpaired) electrons. The normalized spacial score (nSPS) is 16.2. The van der Waals surface area contributed by atoms with E-state index in [-0.39, 0.29) is 0 Å². The summed E-state index contributed by atoms with van der Waals surface area (Å²) in [6.07, 6.45) is 10.3. The van der Waals surface area contributed by atoms with Crippen molar-refractivity contribution in [3.8, 4) is 0 Å². The van der Waals surface area contributed by atoms with Crippen molar-refractivity contribution in [2.24, 2.45) is 11.8 Å². The fraction of sp³-hybridized carbons (Fsp3) is 1.00. The van der Waals surface area contributed by atoms with Gasteiger partial charge in [0.05, 0.1) is 0 Å². The fourth-order valence-electron chi connectivity index (χ4n) is 2.39. The summed E-state index contributed by atoms with van der Waals surface area (Å²) in [5.74, 6) is 2.07. The highest BCUT2D eigenvalue weighted by molar-refractivity contribution is 4.70. The van der Waals surface area contributed by atoms with Crippen LogP contribution in [-0.4, -0.2) is 0 Å². The van der Waals surface area contributed by atoms with Crippen LogP contribution in [0.2, 0.25) is 0 Å². The van der Waals surface area contributed by atoms with Crippen LogP contribution < -0.4 is 0 Å². The molecule has 17 heavy (non-hydrogen) atoms. The molecule has 0 aromatic rings. The van der Waals surface area contributed by atoms with Crippen molar-refractivity contribution in [1.82, 2.24) is 0 Å². The lowest BCUT2D eigenvalue weighted by Crippen LogP contribution is -2.14. The first-order valence-corrected chi connectivity index (χ1v) is 8.34. The molecule has 1 fully saturated rings. The molecule has 0 heterocycles. The second-order valence-corrected chi connectivity index (χ2v) is 4.16. The van der Waals surface area contributed by atoms with E-state index in [1.54, 1.807) is 0 Å². The van der Waals surface area contributed by atoms with Crippen LogP contribution >= 0.6 is 0 Å². The van der Waals surface area contributed by atoms with Crippen molar-refractivity contribution in [3.63, 3.8) is 0 Å². The Labute approximate surface area is 113 Å². The van der Waals surface area contributed by atoms with Crippen molar-refractivity contribution in [3.05, 3.63) is 0 Å². The molecule has 0 heteroatoms. The lowest BCUT2D eigenvalue weighted by Gasteiger charge is -2.27. The summed E-state index contributed by atoms with van der Waals surface area (Å²) in [4.78, 5) is 0. The van der Waals surface area contributed by atoms with E-state index in [0.29, 0.717) is 0 Å². The summed E-state index contributed by atoms with van der Waals surface area (Å²) in [5.41, 5.74) is 0. The van der Waals surface area contributed by atoms with Gasteiger partial charge in [-0.15, -0.1) is 0 Å². The van der Waals surface area contributed by atoms with Crippen molar-refractivity contribution >= 4 is 0 Å². The third-order valence-electron chi connectivity index (χ3n) is 3.20. The molecular weight excluding hydrogens is 204 g/mol. The molecule has 108 valence electrons. The smallest absolute Gasteiger partial charge is 0.0388 e. The Hall–Kier alpha value is 0. The zero-order valence-corrected chi connectivity index (χ0v) is 14.1. The minimum absolute atomic E-state index is 1.00. The van der Waals surface area contributed by atoms with E-state index in [1.165, 1.54) is 44.9 Å². The van der Waals surface area contributed by atoms with Gasteiger partial charge in [-0.1, -0.05) is 100 Å². The Morgan fingerprint density at radius 1 is 0.824 bits per heavy atom. The minimum Gasteiger partial charge on any atom is -0.0683 e. The van der Waals surface area contributed by atoms with Gasteiger partial charge in [0.15, 0.2) is 0 Å². The van der Waals surface area contributed by atoms with Crippen molar-refractivity contribution < 1.29 is 0 Å².